The van der Waals surface area contributed by atoms with E-state index in [1.807, 2.05) is 11.0 Å². The Hall–Kier alpha value is -1.65. The van der Waals surface area contributed by atoms with E-state index >= 15 is 0 Å². The standard InChI is InChI=1S/C16H22FN3O2S/c1-12(2)23(21,22)19-10-13-5-4-8-20(11-13)16-7-3-6-15(17)14(16)9-18/h3,6-7,12-13,19H,4-5,8,10-11H2,1-2H3. The minimum absolute atomic E-state index is 0.0518. The van der Waals surface area contributed by atoms with E-state index in [1.165, 1.54) is 6.07 Å². The predicted molar refractivity (Wildman–Crippen MR) is 88.1 cm³/mol. The van der Waals surface area contributed by atoms with Gasteiger partial charge >= 0.3 is 0 Å². The molecule has 0 aromatic heterocycles. The van der Waals surface area contributed by atoms with Crippen LogP contribution in [0.3, 0.4) is 0 Å². The Morgan fingerprint density at radius 2 is 2.22 bits per heavy atom. The van der Waals surface area contributed by atoms with Gasteiger partial charge in [0.25, 0.3) is 0 Å². The first-order valence-electron chi connectivity index (χ1n) is 7.77. The summed E-state index contributed by atoms with van der Waals surface area (Å²) in [7, 11) is -3.28. The molecule has 2 rings (SSSR count). The number of rotatable bonds is 5. The Labute approximate surface area is 137 Å². The molecule has 0 amide bonds. The fourth-order valence-corrected chi connectivity index (χ4v) is 3.54. The van der Waals surface area contributed by atoms with Gasteiger partial charge in [-0.15, -0.1) is 0 Å². The maximum atomic E-state index is 13.8. The number of nitrogens with zero attached hydrogens (tertiary/aromatic N) is 2. The van der Waals surface area contributed by atoms with Crippen LogP contribution in [0.5, 0.6) is 0 Å². The number of nitrogens with one attached hydrogen (secondary N) is 1. The quantitative estimate of drug-likeness (QED) is 0.893. The molecule has 126 valence electrons. The molecule has 1 aliphatic heterocycles. The Morgan fingerprint density at radius 1 is 1.48 bits per heavy atom. The average molecular weight is 339 g/mol. The smallest absolute Gasteiger partial charge is 0.213 e. The van der Waals surface area contributed by atoms with Crippen LogP contribution >= 0.6 is 0 Å². The van der Waals surface area contributed by atoms with Gasteiger partial charge in [-0.25, -0.2) is 17.5 Å². The number of anilines is 1. The SMILES string of the molecule is CC(C)S(=O)(=O)NCC1CCCN(c2cccc(F)c2C#N)C1. The van der Waals surface area contributed by atoms with Gasteiger partial charge in [-0.05, 0) is 44.7 Å². The number of hydrogen-bond donors (Lipinski definition) is 1. The molecule has 23 heavy (non-hydrogen) atoms. The maximum absolute atomic E-state index is 13.8. The zero-order valence-electron chi connectivity index (χ0n) is 13.4. The van der Waals surface area contributed by atoms with Crippen molar-refractivity contribution in [3.8, 4) is 6.07 Å². The summed E-state index contributed by atoms with van der Waals surface area (Å²) in [5, 5.41) is 8.70. The number of benzene rings is 1. The van der Waals surface area contributed by atoms with E-state index < -0.39 is 21.1 Å². The zero-order chi connectivity index (χ0) is 17.0. The van der Waals surface area contributed by atoms with E-state index in [0.29, 0.717) is 18.8 Å². The molecule has 5 nitrogen and oxygen atoms in total. The van der Waals surface area contributed by atoms with Gasteiger partial charge in [-0.2, -0.15) is 5.26 Å². The monoisotopic (exact) mass is 339 g/mol. The third-order valence-electron chi connectivity index (χ3n) is 4.16. The molecular formula is C16H22FN3O2S. The van der Waals surface area contributed by atoms with Gasteiger partial charge in [0.2, 0.25) is 10.0 Å². The molecule has 0 saturated carbocycles. The third-order valence-corrected chi connectivity index (χ3v) is 5.97. The van der Waals surface area contributed by atoms with Crippen molar-refractivity contribution in [2.24, 2.45) is 5.92 Å². The minimum Gasteiger partial charge on any atom is -0.370 e. The zero-order valence-corrected chi connectivity index (χ0v) is 14.2. The minimum atomic E-state index is -3.28. The molecule has 1 aromatic rings. The van der Waals surface area contributed by atoms with Gasteiger partial charge in [0.05, 0.1) is 10.9 Å². The normalized spacial score (nSPS) is 18.9. The fourth-order valence-electron chi connectivity index (χ4n) is 2.74. The highest BCUT2D eigenvalue weighted by atomic mass is 32.2. The van der Waals surface area contributed by atoms with Crippen molar-refractivity contribution in [1.29, 1.82) is 5.26 Å². The van der Waals surface area contributed by atoms with E-state index in [9.17, 15) is 12.8 Å². The second kappa shape index (κ2) is 7.28. The van der Waals surface area contributed by atoms with Crippen molar-refractivity contribution in [1.82, 2.24) is 4.72 Å². The number of piperidine rings is 1. The second-order valence-corrected chi connectivity index (χ2v) is 8.46. The van der Waals surface area contributed by atoms with Gasteiger partial charge in [0.1, 0.15) is 17.4 Å². The summed E-state index contributed by atoms with van der Waals surface area (Å²) in [6.07, 6.45) is 1.80. The number of nitriles is 1. The first-order valence-corrected chi connectivity index (χ1v) is 9.32. The Bertz CT molecular complexity index is 698. The Morgan fingerprint density at radius 3 is 2.87 bits per heavy atom. The van der Waals surface area contributed by atoms with Crippen LogP contribution in [0.1, 0.15) is 32.3 Å². The molecule has 1 atom stereocenters. The van der Waals surface area contributed by atoms with Gasteiger partial charge in [0.15, 0.2) is 0 Å². The molecular weight excluding hydrogens is 317 g/mol. The maximum Gasteiger partial charge on any atom is 0.213 e. The summed E-state index contributed by atoms with van der Waals surface area (Å²) in [6, 6.07) is 6.53. The van der Waals surface area contributed by atoms with Crippen molar-refractivity contribution >= 4 is 15.7 Å². The molecule has 1 fully saturated rings. The van der Waals surface area contributed by atoms with Crippen LogP contribution in [-0.4, -0.2) is 33.3 Å². The highest BCUT2D eigenvalue weighted by Gasteiger charge is 2.25. The van der Waals surface area contributed by atoms with Crippen LogP contribution in [-0.2, 0) is 10.0 Å². The Balaban J connectivity index is 2.08. The molecule has 1 saturated heterocycles. The fraction of sp³-hybridized carbons (Fsp3) is 0.562. The molecule has 1 aromatic carbocycles. The average Bonchev–Trinajstić information content (AvgIpc) is 2.53. The first-order chi connectivity index (χ1) is 10.8. The van der Waals surface area contributed by atoms with Gasteiger partial charge in [-0.3, -0.25) is 0 Å². The largest absolute Gasteiger partial charge is 0.370 e. The van der Waals surface area contributed by atoms with E-state index in [1.54, 1.807) is 26.0 Å². The lowest BCUT2D eigenvalue weighted by Crippen LogP contribution is -2.42. The topological polar surface area (TPSA) is 73.2 Å². The van der Waals surface area contributed by atoms with Gasteiger partial charge in [-0.1, -0.05) is 6.07 Å². The lowest BCUT2D eigenvalue weighted by molar-refractivity contribution is 0.410. The molecule has 0 radical (unpaired) electrons. The van der Waals surface area contributed by atoms with Crippen LogP contribution in [0, 0.1) is 23.1 Å². The highest BCUT2D eigenvalue weighted by Crippen LogP contribution is 2.27. The summed E-state index contributed by atoms with van der Waals surface area (Å²) < 4.78 is 40.1. The molecule has 1 unspecified atom stereocenters. The molecule has 0 spiro atoms. The summed E-state index contributed by atoms with van der Waals surface area (Å²) in [4.78, 5) is 1.97. The van der Waals surface area contributed by atoms with Crippen LogP contribution in [0.25, 0.3) is 0 Å². The summed E-state index contributed by atoms with van der Waals surface area (Å²) in [6.45, 7) is 5.00. The van der Waals surface area contributed by atoms with Crippen molar-refractivity contribution < 1.29 is 12.8 Å². The first kappa shape index (κ1) is 17.7. The van der Waals surface area contributed by atoms with Crippen molar-refractivity contribution in [3.63, 3.8) is 0 Å². The van der Waals surface area contributed by atoms with E-state index in [4.69, 9.17) is 5.26 Å². The molecule has 1 N–H and O–H groups in total. The van der Waals surface area contributed by atoms with Crippen LogP contribution < -0.4 is 9.62 Å². The third kappa shape index (κ3) is 4.21. The summed E-state index contributed by atoms with van der Waals surface area (Å²) >= 11 is 0. The number of sulfonamides is 1. The summed E-state index contributed by atoms with van der Waals surface area (Å²) in [5.74, 6) is -0.375. The Kier molecular flexibility index (Phi) is 5.60. The molecule has 0 bridgehead atoms. The van der Waals surface area contributed by atoms with E-state index in [-0.39, 0.29) is 11.5 Å². The lowest BCUT2D eigenvalue weighted by atomic mass is 9.97. The number of hydrogen-bond acceptors (Lipinski definition) is 4. The lowest BCUT2D eigenvalue weighted by Gasteiger charge is -2.35. The number of halogens is 1. The molecule has 1 aliphatic rings. The van der Waals surface area contributed by atoms with Crippen molar-refractivity contribution in [2.75, 3.05) is 24.5 Å². The predicted octanol–water partition coefficient (Wildman–Crippen LogP) is 2.24. The van der Waals surface area contributed by atoms with E-state index in [0.717, 1.165) is 19.4 Å². The molecule has 0 aliphatic carbocycles. The van der Waals surface area contributed by atoms with E-state index in [2.05, 4.69) is 4.72 Å². The highest BCUT2D eigenvalue weighted by molar-refractivity contribution is 7.90. The summed E-state index contributed by atoms with van der Waals surface area (Å²) in [5.41, 5.74) is 0.639. The molecule has 1 heterocycles. The van der Waals surface area contributed by atoms with Crippen LogP contribution in [0.2, 0.25) is 0 Å². The van der Waals surface area contributed by atoms with Crippen molar-refractivity contribution in [2.45, 2.75) is 31.9 Å². The van der Waals surface area contributed by atoms with Crippen LogP contribution in [0.15, 0.2) is 18.2 Å². The second-order valence-electron chi connectivity index (χ2n) is 6.14. The van der Waals surface area contributed by atoms with Crippen LogP contribution in [0.4, 0.5) is 10.1 Å². The van der Waals surface area contributed by atoms with Crippen molar-refractivity contribution in [3.05, 3.63) is 29.6 Å². The van der Waals surface area contributed by atoms with Gasteiger partial charge < -0.3 is 4.90 Å². The molecule has 7 heteroatoms. The van der Waals surface area contributed by atoms with Gasteiger partial charge in [0, 0.05) is 19.6 Å².